The number of benzene rings is 10. The van der Waals surface area contributed by atoms with Crippen molar-refractivity contribution in [1.82, 2.24) is 0 Å². The third-order valence-electron chi connectivity index (χ3n) is 11.6. The molecular weight excluding hydrogens is 709 g/mol. The van der Waals surface area contributed by atoms with Gasteiger partial charge in [-0.05, 0) is 94.3 Å². The minimum absolute atomic E-state index is 0.870. The largest absolute Gasteiger partial charge is 0.456 e. The summed E-state index contributed by atoms with van der Waals surface area (Å²) >= 11 is 0. The van der Waals surface area contributed by atoms with E-state index in [-0.39, 0.29) is 0 Å². The van der Waals surface area contributed by atoms with E-state index in [1.165, 1.54) is 32.3 Å². The van der Waals surface area contributed by atoms with Crippen molar-refractivity contribution >= 4 is 110 Å². The average Bonchev–Trinajstić information content (AvgIpc) is 3.85. The van der Waals surface area contributed by atoms with E-state index < -0.39 is 0 Å². The van der Waals surface area contributed by atoms with Gasteiger partial charge < -0.3 is 18.6 Å². The Balaban J connectivity index is 1.03. The minimum Gasteiger partial charge on any atom is -0.456 e. The second-order valence-corrected chi connectivity index (χ2v) is 14.9. The summed E-state index contributed by atoms with van der Waals surface area (Å²) < 4.78 is 12.8. The number of rotatable bonds is 6. The van der Waals surface area contributed by atoms with E-state index in [1.807, 2.05) is 24.3 Å². The van der Waals surface area contributed by atoms with Crippen molar-refractivity contribution in [3.05, 3.63) is 206 Å². The van der Waals surface area contributed by atoms with Crippen LogP contribution in [0.1, 0.15) is 0 Å². The Morgan fingerprint density at radius 1 is 0.224 bits per heavy atom. The van der Waals surface area contributed by atoms with Gasteiger partial charge in [0.1, 0.15) is 22.3 Å². The van der Waals surface area contributed by atoms with Gasteiger partial charge in [-0.3, -0.25) is 0 Å². The quantitative estimate of drug-likeness (QED) is 0.159. The predicted molar refractivity (Wildman–Crippen MR) is 243 cm³/mol. The Kier molecular flexibility index (Phi) is 7.20. The summed E-state index contributed by atoms with van der Waals surface area (Å²) in [6.07, 6.45) is 0. The molecule has 272 valence electrons. The fraction of sp³-hybridized carbons (Fsp3) is 0. The molecule has 10 aromatic carbocycles. The first-order valence-corrected chi connectivity index (χ1v) is 19.7. The summed E-state index contributed by atoms with van der Waals surface area (Å²) in [5, 5.41) is 11.6. The fourth-order valence-electron chi connectivity index (χ4n) is 9.01. The van der Waals surface area contributed by atoms with E-state index in [0.29, 0.717) is 0 Å². The Morgan fingerprint density at radius 3 is 1.03 bits per heavy atom. The van der Waals surface area contributed by atoms with Crippen LogP contribution in [0.2, 0.25) is 0 Å². The van der Waals surface area contributed by atoms with E-state index in [4.69, 9.17) is 8.83 Å². The van der Waals surface area contributed by atoms with Gasteiger partial charge >= 0.3 is 0 Å². The molecule has 0 amide bonds. The van der Waals surface area contributed by atoms with Crippen LogP contribution in [0.15, 0.2) is 215 Å². The van der Waals surface area contributed by atoms with Gasteiger partial charge in [-0.15, -0.1) is 0 Å². The van der Waals surface area contributed by atoms with Crippen molar-refractivity contribution in [3.8, 4) is 0 Å². The first kappa shape index (κ1) is 32.4. The van der Waals surface area contributed by atoms with E-state index in [0.717, 1.165) is 78.0 Å². The Hall–Kier alpha value is -7.82. The van der Waals surface area contributed by atoms with Crippen LogP contribution in [0.5, 0.6) is 0 Å². The van der Waals surface area contributed by atoms with Gasteiger partial charge in [0.25, 0.3) is 0 Å². The van der Waals surface area contributed by atoms with E-state index >= 15 is 0 Å². The van der Waals surface area contributed by atoms with Crippen LogP contribution in [-0.2, 0) is 0 Å². The van der Waals surface area contributed by atoms with E-state index in [1.54, 1.807) is 0 Å². The average molecular weight is 743 g/mol. The molecule has 12 aromatic rings. The molecular formula is C54H34N2O2. The van der Waals surface area contributed by atoms with Crippen LogP contribution in [0.3, 0.4) is 0 Å². The van der Waals surface area contributed by atoms with Gasteiger partial charge in [-0.1, -0.05) is 121 Å². The third-order valence-corrected chi connectivity index (χ3v) is 11.6. The van der Waals surface area contributed by atoms with Crippen molar-refractivity contribution < 1.29 is 8.83 Å². The molecule has 2 aromatic heterocycles. The lowest BCUT2D eigenvalue weighted by Gasteiger charge is -2.28. The molecule has 2 heterocycles. The normalized spacial score (nSPS) is 11.8. The molecule has 0 fully saturated rings. The highest BCUT2D eigenvalue weighted by molar-refractivity contribution is 6.22. The van der Waals surface area contributed by atoms with Crippen molar-refractivity contribution in [3.63, 3.8) is 0 Å². The summed E-state index contributed by atoms with van der Waals surface area (Å²) in [7, 11) is 0. The highest BCUT2D eigenvalue weighted by Gasteiger charge is 2.21. The lowest BCUT2D eigenvalue weighted by molar-refractivity contribution is 0.668. The third kappa shape index (κ3) is 5.02. The van der Waals surface area contributed by atoms with Gasteiger partial charge in [0.05, 0.1) is 11.4 Å². The van der Waals surface area contributed by atoms with Crippen LogP contribution >= 0.6 is 0 Å². The van der Waals surface area contributed by atoms with Crippen LogP contribution < -0.4 is 9.80 Å². The SMILES string of the molecule is c1ccc(N(c2ccc3c(c2)oc2ccccc23)c2cccc3c2ccc2c4cccc(N(c5ccccc5)c5ccc6c(c5)oc5ccccc56)c4ccc32)cc1. The maximum atomic E-state index is 6.38. The lowest BCUT2D eigenvalue weighted by Crippen LogP contribution is -2.10. The molecule has 0 N–H and O–H groups in total. The number of para-hydroxylation sites is 4. The first-order chi connectivity index (χ1) is 28.8. The van der Waals surface area contributed by atoms with Crippen LogP contribution in [0.25, 0.3) is 76.2 Å². The molecule has 0 aliphatic heterocycles. The highest BCUT2D eigenvalue weighted by atomic mass is 16.3. The summed E-state index contributed by atoms with van der Waals surface area (Å²) in [5.74, 6) is 0. The number of hydrogen-bond donors (Lipinski definition) is 0. The fourth-order valence-corrected chi connectivity index (χ4v) is 9.01. The predicted octanol–water partition coefficient (Wildman–Crippen LogP) is 15.9. The summed E-state index contributed by atoms with van der Waals surface area (Å²) in [6, 6.07) is 73.3. The molecule has 58 heavy (non-hydrogen) atoms. The van der Waals surface area contributed by atoms with E-state index in [2.05, 4.69) is 192 Å². The van der Waals surface area contributed by atoms with Crippen molar-refractivity contribution in [2.45, 2.75) is 0 Å². The van der Waals surface area contributed by atoms with Crippen LogP contribution in [-0.4, -0.2) is 0 Å². The zero-order valence-corrected chi connectivity index (χ0v) is 31.3. The number of nitrogens with zero attached hydrogens (tertiary/aromatic N) is 2. The van der Waals surface area contributed by atoms with Gasteiger partial charge in [0.15, 0.2) is 0 Å². The molecule has 0 saturated heterocycles. The minimum atomic E-state index is 0.870. The zero-order valence-electron chi connectivity index (χ0n) is 31.3. The number of anilines is 6. The second kappa shape index (κ2) is 12.9. The summed E-state index contributed by atoms with van der Waals surface area (Å²) in [6.45, 7) is 0. The summed E-state index contributed by atoms with van der Waals surface area (Å²) in [5.41, 5.74) is 9.97. The molecule has 0 aliphatic rings. The topological polar surface area (TPSA) is 32.8 Å². The smallest absolute Gasteiger partial charge is 0.137 e. The maximum absolute atomic E-state index is 6.38. The molecule has 4 heteroatoms. The van der Waals surface area contributed by atoms with Gasteiger partial charge in [-0.2, -0.15) is 0 Å². The van der Waals surface area contributed by atoms with Gasteiger partial charge in [0, 0.05) is 67.2 Å². The van der Waals surface area contributed by atoms with Crippen LogP contribution in [0, 0.1) is 0 Å². The number of hydrogen-bond acceptors (Lipinski definition) is 4. The Labute approximate surface area is 334 Å². The maximum Gasteiger partial charge on any atom is 0.137 e. The molecule has 4 nitrogen and oxygen atoms in total. The molecule has 12 rings (SSSR count). The lowest BCUT2D eigenvalue weighted by atomic mass is 9.95. The number of fused-ring (bicyclic) bond motifs is 11. The van der Waals surface area contributed by atoms with Gasteiger partial charge in [-0.25, -0.2) is 0 Å². The monoisotopic (exact) mass is 742 g/mol. The molecule has 0 bridgehead atoms. The Bertz CT molecular complexity index is 3290. The molecule has 0 aliphatic carbocycles. The van der Waals surface area contributed by atoms with Crippen molar-refractivity contribution in [1.29, 1.82) is 0 Å². The molecule has 0 spiro atoms. The molecule has 0 unspecified atom stereocenters. The van der Waals surface area contributed by atoms with Gasteiger partial charge in [0.2, 0.25) is 0 Å². The second-order valence-electron chi connectivity index (χ2n) is 14.9. The summed E-state index contributed by atoms with van der Waals surface area (Å²) in [4.78, 5) is 4.69. The van der Waals surface area contributed by atoms with Crippen molar-refractivity contribution in [2.75, 3.05) is 9.80 Å². The molecule has 0 radical (unpaired) electrons. The number of furan rings is 2. The standard InChI is InChI=1S/C54H34N2O2/c1-3-13-35(14-4-1)55(37-25-27-47-45-17-7-9-23-51(45)57-53(47)33-37)49-21-11-19-39-41-30-32-44-40(42(41)29-31-43(39)49)20-12-22-50(44)56(36-15-5-2-6-16-36)38-26-28-48-46-18-8-10-24-52(46)58-54(48)34-38/h1-34H. The van der Waals surface area contributed by atoms with E-state index in [9.17, 15) is 0 Å². The zero-order chi connectivity index (χ0) is 38.2. The Morgan fingerprint density at radius 2 is 0.569 bits per heavy atom. The van der Waals surface area contributed by atoms with Crippen molar-refractivity contribution in [2.24, 2.45) is 0 Å². The van der Waals surface area contributed by atoms with Crippen LogP contribution in [0.4, 0.5) is 34.1 Å². The first-order valence-electron chi connectivity index (χ1n) is 19.7. The molecule has 0 saturated carbocycles. The molecule has 0 atom stereocenters. The highest BCUT2D eigenvalue weighted by Crippen LogP contribution is 2.46.